The SMILES string of the molecule is CCC(CC)C(=O)C(c1ccccc1)c1ccccc1. The second-order valence-electron chi connectivity index (χ2n) is 5.17. The molecule has 0 aliphatic rings. The van der Waals surface area contributed by atoms with Crippen LogP contribution in [-0.2, 0) is 4.79 Å². The van der Waals surface area contributed by atoms with E-state index in [0.717, 1.165) is 24.0 Å². The third kappa shape index (κ3) is 3.16. The van der Waals surface area contributed by atoms with Crippen molar-refractivity contribution in [2.45, 2.75) is 32.6 Å². The Hall–Kier alpha value is -1.89. The summed E-state index contributed by atoms with van der Waals surface area (Å²) in [5.74, 6) is 0.343. The molecule has 0 atom stereocenters. The van der Waals surface area contributed by atoms with Crippen LogP contribution in [0.5, 0.6) is 0 Å². The van der Waals surface area contributed by atoms with Crippen LogP contribution >= 0.6 is 0 Å². The quantitative estimate of drug-likeness (QED) is 0.732. The molecule has 2 aromatic carbocycles. The molecule has 2 aromatic rings. The van der Waals surface area contributed by atoms with Crippen LogP contribution in [0.3, 0.4) is 0 Å². The third-order valence-corrected chi connectivity index (χ3v) is 3.94. The summed E-state index contributed by atoms with van der Waals surface area (Å²) >= 11 is 0. The number of ketones is 1. The van der Waals surface area contributed by atoms with E-state index in [1.54, 1.807) is 0 Å². The number of benzene rings is 2. The van der Waals surface area contributed by atoms with Gasteiger partial charge in [-0.05, 0) is 24.0 Å². The second kappa shape index (κ2) is 7.04. The number of carbonyl (C=O) groups excluding carboxylic acids is 1. The Morgan fingerprint density at radius 2 is 1.20 bits per heavy atom. The van der Waals surface area contributed by atoms with Crippen LogP contribution in [0.15, 0.2) is 60.7 Å². The summed E-state index contributed by atoms with van der Waals surface area (Å²) in [5, 5.41) is 0. The molecule has 20 heavy (non-hydrogen) atoms. The fraction of sp³-hybridized carbons (Fsp3) is 0.316. The Labute approximate surface area is 121 Å². The van der Waals surface area contributed by atoms with Gasteiger partial charge in [0.15, 0.2) is 0 Å². The lowest BCUT2D eigenvalue weighted by atomic mass is 9.80. The van der Waals surface area contributed by atoms with Gasteiger partial charge in [0.2, 0.25) is 0 Å². The molecule has 0 aromatic heterocycles. The monoisotopic (exact) mass is 266 g/mol. The van der Waals surface area contributed by atoms with Crippen molar-refractivity contribution in [1.82, 2.24) is 0 Å². The van der Waals surface area contributed by atoms with Gasteiger partial charge < -0.3 is 0 Å². The minimum atomic E-state index is -0.137. The van der Waals surface area contributed by atoms with E-state index < -0.39 is 0 Å². The van der Waals surface area contributed by atoms with Crippen molar-refractivity contribution in [3.8, 4) is 0 Å². The Balaban J connectivity index is 2.43. The Bertz CT molecular complexity index is 487. The zero-order chi connectivity index (χ0) is 14.4. The van der Waals surface area contributed by atoms with Gasteiger partial charge in [0.05, 0.1) is 5.92 Å². The molecule has 0 N–H and O–H groups in total. The lowest BCUT2D eigenvalue weighted by Gasteiger charge is -2.21. The fourth-order valence-electron chi connectivity index (χ4n) is 2.74. The van der Waals surface area contributed by atoms with Gasteiger partial charge in [0.25, 0.3) is 0 Å². The minimum Gasteiger partial charge on any atom is -0.298 e. The molecule has 0 aliphatic heterocycles. The first kappa shape index (κ1) is 14.5. The molecule has 0 heterocycles. The third-order valence-electron chi connectivity index (χ3n) is 3.94. The maximum absolute atomic E-state index is 12.9. The van der Waals surface area contributed by atoms with Crippen molar-refractivity contribution in [3.63, 3.8) is 0 Å². The molecule has 0 unspecified atom stereocenters. The minimum absolute atomic E-state index is 0.137. The summed E-state index contributed by atoms with van der Waals surface area (Å²) in [6.07, 6.45) is 1.82. The standard InChI is InChI=1S/C19H22O/c1-3-15(4-2)19(20)18(16-11-7-5-8-12-16)17-13-9-6-10-14-17/h5-15,18H,3-4H2,1-2H3. The molecule has 0 aliphatic carbocycles. The van der Waals surface area contributed by atoms with E-state index in [4.69, 9.17) is 0 Å². The molecule has 0 saturated heterocycles. The summed E-state index contributed by atoms with van der Waals surface area (Å²) in [4.78, 5) is 12.9. The van der Waals surface area contributed by atoms with Gasteiger partial charge in [-0.2, -0.15) is 0 Å². The fourth-order valence-corrected chi connectivity index (χ4v) is 2.74. The average molecular weight is 266 g/mol. The van der Waals surface area contributed by atoms with Gasteiger partial charge in [-0.3, -0.25) is 4.79 Å². The van der Waals surface area contributed by atoms with Crippen LogP contribution in [0.1, 0.15) is 43.7 Å². The molecule has 0 saturated carbocycles. The van der Waals surface area contributed by atoms with Gasteiger partial charge in [0.1, 0.15) is 5.78 Å². The average Bonchev–Trinajstić information content (AvgIpc) is 2.51. The van der Waals surface area contributed by atoms with Crippen molar-refractivity contribution < 1.29 is 4.79 Å². The highest BCUT2D eigenvalue weighted by Crippen LogP contribution is 2.30. The predicted molar refractivity (Wildman–Crippen MR) is 83.8 cm³/mol. The Morgan fingerprint density at radius 1 is 0.800 bits per heavy atom. The normalized spacial score (nSPS) is 11.0. The first-order valence-corrected chi connectivity index (χ1v) is 7.41. The highest BCUT2D eigenvalue weighted by atomic mass is 16.1. The van der Waals surface area contributed by atoms with E-state index in [1.165, 1.54) is 0 Å². The van der Waals surface area contributed by atoms with Gasteiger partial charge >= 0.3 is 0 Å². The molecule has 1 nitrogen and oxygen atoms in total. The zero-order valence-corrected chi connectivity index (χ0v) is 12.3. The first-order chi connectivity index (χ1) is 9.77. The molecule has 0 amide bonds. The molecule has 0 bridgehead atoms. The van der Waals surface area contributed by atoms with Crippen molar-refractivity contribution in [1.29, 1.82) is 0 Å². The summed E-state index contributed by atoms with van der Waals surface area (Å²) in [7, 11) is 0. The van der Waals surface area contributed by atoms with Crippen LogP contribution < -0.4 is 0 Å². The molecular weight excluding hydrogens is 244 g/mol. The van der Waals surface area contributed by atoms with Gasteiger partial charge in [-0.25, -0.2) is 0 Å². The summed E-state index contributed by atoms with van der Waals surface area (Å²) < 4.78 is 0. The maximum Gasteiger partial charge on any atom is 0.147 e. The van der Waals surface area contributed by atoms with E-state index in [-0.39, 0.29) is 11.8 Å². The van der Waals surface area contributed by atoms with Gasteiger partial charge in [-0.15, -0.1) is 0 Å². The van der Waals surface area contributed by atoms with Crippen LogP contribution in [0.25, 0.3) is 0 Å². The molecule has 2 rings (SSSR count). The largest absolute Gasteiger partial charge is 0.298 e. The Morgan fingerprint density at radius 3 is 1.55 bits per heavy atom. The number of carbonyl (C=O) groups is 1. The highest BCUT2D eigenvalue weighted by molar-refractivity contribution is 5.90. The van der Waals surface area contributed by atoms with Crippen molar-refractivity contribution in [2.24, 2.45) is 5.92 Å². The van der Waals surface area contributed by atoms with Gasteiger partial charge in [0, 0.05) is 5.92 Å². The highest BCUT2D eigenvalue weighted by Gasteiger charge is 2.27. The van der Waals surface area contributed by atoms with E-state index in [9.17, 15) is 4.79 Å². The molecule has 104 valence electrons. The van der Waals surface area contributed by atoms with Crippen molar-refractivity contribution >= 4 is 5.78 Å². The summed E-state index contributed by atoms with van der Waals surface area (Å²) in [6, 6.07) is 20.2. The molecule has 0 fully saturated rings. The number of hydrogen-bond donors (Lipinski definition) is 0. The lowest BCUT2D eigenvalue weighted by Crippen LogP contribution is -2.22. The molecular formula is C19H22O. The summed E-state index contributed by atoms with van der Waals surface area (Å²) in [5.41, 5.74) is 2.19. The van der Waals surface area contributed by atoms with E-state index >= 15 is 0 Å². The number of Topliss-reactive ketones (excluding diaryl/α,β-unsaturated/α-hetero) is 1. The zero-order valence-electron chi connectivity index (χ0n) is 12.3. The molecule has 1 heteroatoms. The topological polar surface area (TPSA) is 17.1 Å². The number of rotatable bonds is 6. The Kier molecular flexibility index (Phi) is 5.11. The van der Waals surface area contributed by atoms with Crippen molar-refractivity contribution in [3.05, 3.63) is 71.8 Å². The first-order valence-electron chi connectivity index (χ1n) is 7.41. The van der Waals surface area contributed by atoms with E-state index in [2.05, 4.69) is 38.1 Å². The van der Waals surface area contributed by atoms with Crippen LogP contribution in [0.2, 0.25) is 0 Å². The van der Waals surface area contributed by atoms with E-state index in [0.29, 0.717) is 5.78 Å². The molecule has 0 radical (unpaired) electrons. The summed E-state index contributed by atoms with van der Waals surface area (Å²) in [6.45, 7) is 4.19. The maximum atomic E-state index is 12.9. The predicted octanol–water partition coefficient (Wildman–Crippen LogP) is 4.82. The van der Waals surface area contributed by atoms with E-state index in [1.807, 2.05) is 36.4 Å². The van der Waals surface area contributed by atoms with Crippen molar-refractivity contribution in [2.75, 3.05) is 0 Å². The van der Waals surface area contributed by atoms with Crippen LogP contribution in [0.4, 0.5) is 0 Å². The molecule has 0 spiro atoms. The number of hydrogen-bond acceptors (Lipinski definition) is 1. The second-order valence-corrected chi connectivity index (χ2v) is 5.17. The van der Waals surface area contributed by atoms with Crippen LogP contribution in [0, 0.1) is 5.92 Å². The van der Waals surface area contributed by atoms with Crippen LogP contribution in [-0.4, -0.2) is 5.78 Å². The lowest BCUT2D eigenvalue weighted by molar-refractivity contribution is -0.123. The van der Waals surface area contributed by atoms with Gasteiger partial charge in [-0.1, -0.05) is 74.5 Å². The smallest absolute Gasteiger partial charge is 0.147 e.